The lowest BCUT2D eigenvalue weighted by Crippen LogP contribution is -2.63. The Kier molecular flexibility index (Phi) is 7.78. The molecule has 44 heavy (non-hydrogen) atoms. The highest BCUT2D eigenvalue weighted by Gasteiger charge is 2.75. The molecule has 4 aliphatic carbocycles. The summed E-state index contributed by atoms with van der Waals surface area (Å²) < 4.78 is 18.5. The number of fused-ring (bicyclic) bond motifs is 7. The van der Waals surface area contributed by atoms with Crippen molar-refractivity contribution in [2.75, 3.05) is 6.61 Å². The lowest BCUT2D eigenvalue weighted by Gasteiger charge is -2.59. The Hall–Kier alpha value is -3.41. The van der Waals surface area contributed by atoms with Crippen LogP contribution in [0.5, 0.6) is 0 Å². The van der Waals surface area contributed by atoms with E-state index in [0.29, 0.717) is 24.8 Å². The van der Waals surface area contributed by atoms with Crippen molar-refractivity contribution < 1.29 is 43.6 Å². The summed E-state index contributed by atoms with van der Waals surface area (Å²) in [5.74, 6) is -1.13. The van der Waals surface area contributed by atoms with E-state index in [0.717, 1.165) is 24.8 Å². The van der Waals surface area contributed by atoms with E-state index >= 15 is 0 Å². The van der Waals surface area contributed by atoms with E-state index in [1.165, 1.54) is 24.3 Å². The number of carbonyl (C=O) groups excluding carboxylic acids is 3. The van der Waals surface area contributed by atoms with Crippen molar-refractivity contribution in [3.8, 4) is 0 Å². The predicted octanol–water partition coefficient (Wildman–Crippen LogP) is 4.29. The first-order chi connectivity index (χ1) is 20.9. The van der Waals surface area contributed by atoms with Crippen molar-refractivity contribution in [3.05, 3.63) is 69.3 Å². The topological polar surface area (TPSA) is 152 Å². The van der Waals surface area contributed by atoms with Gasteiger partial charge in [0.2, 0.25) is 5.78 Å². The summed E-state index contributed by atoms with van der Waals surface area (Å²) in [5.41, 5.74) is -0.854. The molecule has 9 atom stereocenters. The summed E-state index contributed by atoms with van der Waals surface area (Å²) >= 11 is 0. The van der Waals surface area contributed by atoms with Gasteiger partial charge in [0.25, 0.3) is 5.09 Å². The molecular formula is C33H39NO10. The van der Waals surface area contributed by atoms with E-state index in [1.54, 1.807) is 12.2 Å². The van der Waals surface area contributed by atoms with Crippen molar-refractivity contribution in [1.29, 1.82) is 0 Å². The number of Topliss-reactive ketones (excluding diaryl/α,β-unsaturated/α-hetero) is 1. The zero-order valence-electron chi connectivity index (χ0n) is 25.2. The summed E-state index contributed by atoms with van der Waals surface area (Å²) in [7, 11) is 0. The largest absolute Gasteiger partial charge is 0.454 e. The highest BCUT2D eigenvalue weighted by molar-refractivity contribution is 6.01. The molecule has 1 saturated heterocycles. The van der Waals surface area contributed by atoms with E-state index in [1.807, 2.05) is 19.9 Å². The number of aliphatic hydroxyl groups is 1. The SMILES string of the molecule is CCCC1O[C@@H]2C[C@H]3[C@@H]4CCC5=CC(=O)C=C[C@@]5(C)[C@H]4[C@@H](O)C[C@@]3(C)[C@@]2(C(=O)COC(=O)c2ccc(CO[N+](=O)[O-])cc2)O1. The van der Waals surface area contributed by atoms with Crippen LogP contribution in [0.25, 0.3) is 0 Å². The smallest absolute Gasteiger partial charge is 0.338 e. The maximum Gasteiger partial charge on any atom is 0.338 e. The summed E-state index contributed by atoms with van der Waals surface area (Å²) in [5, 5.41) is 21.4. The normalized spacial score (nSPS) is 38.5. The highest BCUT2D eigenvalue weighted by Crippen LogP contribution is 2.69. The predicted molar refractivity (Wildman–Crippen MR) is 154 cm³/mol. The van der Waals surface area contributed by atoms with E-state index < -0.39 is 52.6 Å². The third-order valence-electron chi connectivity index (χ3n) is 11.1. The van der Waals surface area contributed by atoms with Crippen LogP contribution in [0.15, 0.2) is 48.1 Å². The van der Waals surface area contributed by atoms with Crippen molar-refractivity contribution in [2.24, 2.45) is 28.6 Å². The molecule has 0 spiro atoms. The Morgan fingerprint density at radius 1 is 1.20 bits per heavy atom. The number of carbonyl (C=O) groups is 3. The zero-order valence-corrected chi connectivity index (χ0v) is 25.2. The molecule has 6 rings (SSSR count). The first-order valence-electron chi connectivity index (χ1n) is 15.4. The second-order valence-corrected chi connectivity index (χ2v) is 13.3. The van der Waals surface area contributed by atoms with Gasteiger partial charge in [0.1, 0.15) is 6.61 Å². The summed E-state index contributed by atoms with van der Waals surface area (Å²) in [6.07, 6.45) is 7.26. The van der Waals surface area contributed by atoms with Crippen LogP contribution in [0.4, 0.5) is 0 Å². The molecule has 1 aliphatic heterocycles. The molecule has 1 aromatic carbocycles. The van der Waals surface area contributed by atoms with Crippen molar-refractivity contribution in [3.63, 3.8) is 0 Å². The molecule has 11 nitrogen and oxygen atoms in total. The highest BCUT2D eigenvalue weighted by atomic mass is 16.9. The number of benzene rings is 1. The molecule has 11 heteroatoms. The average molecular weight is 610 g/mol. The van der Waals surface area contributed by atoms with Crippen LogP contribution in [0, 0.1) is 38.7 Å². The molecule has 4 fully saturated rings. The second-order valence-electron chi connectivity index (χ2n) is 13.3. The van der Waals surface area contributed by atoms with Crippen LogP contribution >= 0.6 is 0 Å². The fourth-order valence-corrected chi connectivity index (χ4v) is 9.19. The van der Waals surface area contributed by atoms with Gasteiger partial charge in [-0.2, -0.15) is 0 Å². The quantitative estimate of drug-likeness (QED) is 0.244. The molecule has 1 heterocycles. The minimum absolute atomic E-state index is 0.0152. The number of ether oxygens (including phenoxy) is 3. The van der Waals surface area contributed by atoms with Crippen molar-refractivity contribution in [1.82, 2.24) is 0 Å². The Morgan fingerprint density at radius 2 is 1.95 bits per heavy atom. The van der Waals surface area contributed by atoms with Crippen LogP contribution in [-0.2, 0) is 35.2 Å². The van der Waals surface area contributed by atoms with Gasteiger partial charge in [0, 0.05) is 16.7 Å². The Bertz CT molecular complexity index is 1420. The monoisotopic (exact) mass is 609 g/mol. The minimum atomic E-state index is -1.39. The van der Waals surface area contributed by atoms with Crippen molar-refractivity contribution >= 4 is 17.5 Å². The molecule has 0 aromatic heterocycles. The molecule has 1 aromatic rings. The van der Waals surface area contributed by atoms with Gasteiger partial charge >= 0.3 is 5.97 Å². The summed E-state index contributed by atoms with van der Waals surface area (Å²) in [4.78, 5) is 54.2. The van der Waals surface area contributed by atoms with E-state index in [2.05, 4.69) is 11.8 Å². The molecule has 3 saturated carbocycles. The fraction of sp³-hybridized carbons (Fsp3) is 0.606. The van der Waals surface area contributed by atoms with Gasteiger partial charge in [-0.05, 0) is 73.8 Å². The second kappa shape index (κ2) is 11.2. The number of aliphatic hydroxyl groups excluding tert-OH is 1. The van der Waals surface area contributed by atoms with Crippen LogP contribution in [0.1, 0.15) is 75.2 Å². The third kappa shape index (κ3) is 4.71. The standard InChI is InChI=1S/C33H39NO10/c1-4-5-28-43-27-15-24-23-11-10-21-14-22(35)12-13-31(21,2)29(23)25(36)16-32(24,3)33(27,44-28)26(37)18-41-30(38)20-8-6-19(7-9-20)17-42-34(39)40/h6-9,12-14,23-25,27-29,36H,4-5,10-11,15-18H2,1-3H3/t23-,24-,25-,27+,28?,29+,31+,32+,33-/m0/s1. The maximum atomic E-state index is 14.3. The fourth-order valence-electron chi connectivity index (χ4n) is 9.19. The molecule has 236 valence electrons. The first kappa shape index (κ1) is 30.6. The van der Waals surface area contributed by atoms with Crippen LogP contribution in [-0.4, -0.2) is 58.4 Å². The zero-order chi connectivity index (χ0) is 31.4. The number of allylic oxidation sites excluding steroid dienone is 4. The number of hydrogen-bond acceptors (Lipinski definition) is 10. The summed E-state index contributed by atoms with van der Waals surface area (Å²) in [6, 6.07) is 5.96. The van der Waals surface area contributed by atoms with E-state index in [-0.39, 0.29) is 41.5 Å². The molecule has 1 unspecified atom stereocenters. The molecule has 0 bridgehead atoms. The van der Waals surface area contributed by atoms with Gasteiger partial charge in [-0.3, -0.25) is 9.59 Å². The number of nitrogens with zero attached hydrogens (tertiary/aromatic N) is 1. The lowest BCUT2D eigenvalue weighted by atomic mass is 9.46. The average Bonchev–Trinajstić information content (AvgIpc) is 3.47. The van der Waals surface area contributed by atoms with Gasteiger partial charge < -0.3 is 24.2 Å². The Balaban J connectivity index is 1.24. The molecule has 5 aliphatic rings. The maximum absolute atomic E-state index is 14.3. The third-order valence-corrected chi connectivity index (χ3v) is 11.1. The Morgan fingerprint density at radius 3 is 2.66 bits per heavy atom. The molecule has 1 N–H and O–H groups in total. The number of ketones is 2. The Labute approximate surface area is 255 Å². The number of esters is 1. The van der Waals surface area contributed by atoms with Gasteiger partial charge in [-0.25, -0.2) is 4.79 Å². The van der Waals surface area contributed by atoms with Gasteiger partial charge in [0.15, 0.2) is 24.3 Å². The number of rotatable bonds is 9. The summed E-state index contributed by atoms with van der Waals surface area (Å²) in [6.45, 7) is 5.37. The van der Waals surface area contributed by atoms with Gasteiger partial charge in [-0.15, -0.1) is 10.1 Å². The van der Waals surface area contributed by atoms with Crippen LogP contribution in [0.2, 0.25) is 0 Å². The van der Waals surface area contributed by atoms with E-state index in [4.69, 9.17) is 14.2 Å². The lowest BCUT2D eigenvalue weighted by molar-refractivity contribution is -0.763. The number of hydrogen-bond donors (Lipinski definition) is 1. The van der Waals surface area contributed by atoms with Crippen LogP contribution in [0.3, 0.4) is 0 Å². The van der Waals surface area contributed by atoms with Crippen molar-refractivity contribution in [2.45, 2.75) is 90.0 Å². The van der Waals surface area contributed by atoms with Crippen LogP contribution < -0.4 is 0 Å². The first-order valence-corrected chi connectivity index (χ1v) is 15.4. The van der Waals surface area contributed by atoms with Gasteiger partial charge in [0.05, 0.1) is 17.8 Å². The minimum Gasteiger partial charge on any atom is -0.454 e. The molecule has 0 amide bonds. The molecular weight excluding hydrogens is 570 g/mol. The molecule has 0 radical (unpaired) electrons. The van der Waals surface area contributed by atoms with E-state index in [9.17, 15) is 29.6 Å². The van der Waals surface area contributed by atoms with Gasteiger partial charge in [-0.1, -0.05) is 51.0 Å².